The zero-order valence-electron chi connectivity index (χ0n) is 11.0. The van der Waals surface area contributed by atoms with E-state index in [4.69, 9.17) is 5.73 Å². The van der Waals surface area contributed by atoms with Gasteiger partial charge in [0.15, 0.2) is 0 Å². The highest BCUT2D eigenvalue weighted by molar-refractivity contribution is 5.20. The fourth-order valence-electron chi connectivity index (χ4n) is 3.00. The van der Waals surface area contributed by atoms with Crippen molar-refractivity contribution in [3.05, 3.63) is 35.4 Å². The van der Waals surface area contributed by atoms with Gasteiger partial charge in [0.1, 0.15) is 6.54 Å². The number of rotatable bonds is 4. The van der Waals surface area contributed by atoms with Gasteiger partial charge in [-0.2, -0.15) is 0 Å². The Balaban J connectivity index is 2.08. The van der Waals surface area contributed by atoms with Gasteiger partial charge in [-0.3, -0.25) is 0 Å². The van der Waals surface area contributed by atoms with Crippen LogP contribution in [0.4, 0.5) is 0 Å². The fourth-order valence-corrected chi connectivity index (χ4v) is 3.00. The Labute approximate surface area is 105 Å². The van der Waals surface area contributed by atoms with Gasteiger partial charge in [0.05, 0.1) is 19.6 Å². The average Bonchev–Trinajstić information content (AvgIpc) is 2.34. The van der Waals surface area contributed by atoms with Gasteiger partial charge < -0.3 is 10.2 Å². The first-order valence-electron chi connectivity index (χ1n) is 6.85. The van der Waals surface area contributed by atoms with Crippen LogP contribution in [0.1, 0.15) is 30.4 Å². The number of nitrogens with zero attached hydrogens (tertiary/aromatic N) is 1. The van der Waals surface area contributed by atoms with Crippen molar-refractivity contribution in [1.82, 2.24) is 0 Å². The van der Waals surface area contributed by atoms with Crippen LogP contribution in [0.15, 0.2) is 24.3 Å². The molecule has 94 valence electrons. The average molecular weight is 233 g/mol. The smallest absolute Gasteiger partial charge is 0.104 e. The Morgan fingerprint density at radius 1 is 1.06 bits per heavy atom. The fraction of sp³-hybridized carbons (Fsp3) is 0.600. The molecule has 2 rings (SSSR count). The molecular formula is C15H25N2+. The third kappa shape index (κ3) is 3.30. The third-order valence-corrected chi connectivity index (χ3v) is 4.01. The topological polar surface area (TPSA) is 26.0 Å². The second kappa shape index (κ2) is 5.65. The van der Waals surface area contributed by atoms with E-state index in [1.807, 2.05) is 0 Å². The lowest BCUT2D eigenvalue weighted by Crippen LogP contribution is -2.53. The minimum absolute atomic E-state index is 0.811. The van der Waals surface area contributed by atoms with Crippen molar-refractivity contribution in [2.45, 2.75) is 32.7 Å². The number of quaternary nitrogens is 1. The minimum Gasteiger partial charge on any atom is -0.326 e. The number of hydrogen-bond donors (Lipinski definition) is 1. The highest BCUT2D eigenvalue weighted by Crippen LogP contribution is 2.22. The van der Waals surface area contributed by atoms with Crippen LogP contribution in [-0.4, -0.2) is 30.7 Å². The van der Waals surface area contributed by atoms with Gasteiger partial charge in [-0.25, -0.2) is 0 Å². The molecule has 0 atom stereocenters. The normalized spacial score (nSPS) is 19.2. The van der Waals surface area contributed by atoms with Gasteiger partial charge in [0.2, 0.25) is 0 Å². The largest absolute Gasteiger partial charge is 0.326 e. The first-order chi connectivity index (χ1) is 8.24. The van der Waals surface area contributed by atoms with Crippen molar-refractivity contribution in [2.24, 2.45) is 5.73 Å². The van der Waals surface area contributed by atoms with Gasteiger partial charge in [0, 0.05) is 12.1 Å². The van der Waals surface area contributed by atoms with E-state index < -0.39 is 0 Å². The van der Waals surface area contributed by atoms with Crippen LogP contribution in [0.5, 0.6) is 0 Å². The lowest BCUT2D eigenvalue weighted by molar-refractivity contribution is -0.943. The van der Waals surface area contributed by atoms with Gasteiger partial charge in [0.25, 0.3) is 0 Å². The molecule has 2 heteroatoms. The number of piperidine rings is 1. The lowest BCUT2D eigenvalue weighted by Gasteiger charge is -2.41. The van der Waals surface area contributed by atoms with Crippen LogP contribution >= 0.6 is 0 Å². The van der Waals surface area contributed by atoms with Crippen LogP contribution in [0.3, 0.4) is 0 Å². The highest BCUT2D eigenvalue weighted by atomic mass is 15.4. The molecule has 1 heterocycles. The van der Waals surface area contributed by atoms with Crippen LogP contribution in [0.2, 0.25) is 0 Å². The van der Waals surface area contributed by atoms with E-state index in [9.17, 15) is 0 Å². The summed E-state index contributed by atoms with van der Waals surface area (Å²) in [5, 5.41) is 0. The van der Waals surface area contributed by atoms with Crippen molar-refractivity contribution in [2.75, 3.05) is 26.2 Å². The van der Waals surface area contributed by atoms with Crippen LogP contribution in [-0.2, 0) is 6.54 Å². The van der Waals surface area contributed by atoms with E-state index in [1.54, 1.807) is 0 Å². The number of likely N-dealkylation sites (tertiary alicyclic amines) is 1. The van der Waals surface area contributed by atoms with E-state index in [2.05, 4.69) is 31.2 Å². The maximum absolute atomic E-state index is 5.81. The summed E-state index contributed by atoms with van der Waals surface area (Å²) in [4.78, 5) is 0. The Hall–Kier alpha value is -0.860. The van der Waals surface area contributed by atoms with Crippen LogP contribution < -0.4 is 5.73 Å². The molecule has 17 heavy (non-hydrogen) atoms. The Bertz CT molecular complexity index is 331. The summed E-state index contributed by atoms with van der Waals surface area (Å²) < 4.78 is 1.21. The zero-order valence-corrected chi connectivity index (χ0v) is 11.0. The predicted octanol–water partition coefficient (Wildman–Crippen LogP) is 2.45. The van der Waals surface area contributed by atoms with Crippen molar-refractivity contribution in [3.63, 3.8) is 0 Å². The molecule has 0 amide bonds. The molecule has 1 saturated heterocycles. The number of benzene rings is 1. The SMILES string of the molecule is Cc1ccc(C[N+]2(CCN)CCCCC2)cc1. The first-order valence-corrected chi connectivity index (χ1v) is 6.85. The van der Waals surface area contributed by atoms with Gasteiger partial charge in [-0.15, -0.1) is 0 Å². The van der Waals surface area contributed by atoms with Crippen LogP contribution in [0.25, 0.3) is 0 Å². The standard InChI is InChI=1S/C15H25N2/c1-14-5-7-15(8-6-14)13-17(12-9-16)10-3-2-4-11-17/h5-8H,2-4,9-13,16H2,1H3/q+1. The maximum atomic E-state index is 5.81. The number of aryl methyl sites for hydroxylation is 1. The molecule has 0 saturated carbocycles. The molecule has 0 unspecified atom stereocenters. The monoisotopic (exact) mass is 233 g/mol. The van der Waals surface area contributed by atoms with Gasteiger partial charge in [-0.1, -0.05) is 29.8 Å². The molecule has 0 spiro atoms. The second-order valence-electron chi connectivity index (χ2n) is 5.51. The van der Waals surface area contributed by atoms with E-state index in [1.165, 1.54) is 48.0 Å². The van der Waals surface area contributed by atoms with Crippen molar-refractivity contribution >= 4 is 0 Å². The Morgan fingerprint density at radius 2 is 1.71 bits per heavy atom. The molecule has 1 aliphatic heterocycles. The molecule has 0 bridgehead atoms. The quantitative estimate of drug-likeness (QED) is 0.794. The van der Waals surface area contributed by atoms with Crippen molar-refractivity contribution in [3.8, 4) is 0 Å². The highest BCUT2D eigenvalue weighted by Gasteiger charge is 2.29. The Morgan fingerprint density at radius 3 is 2.29 bits per heavy atom. The molecule has 1 aliphatic rings. The van der Waals surface area contributed by atoms with Gasteiger partial charge in [-0.05, 0) is 26.2 Å². The Kier molecular flexibility index (Phi) is 4.19. The number of nitrogens with two attached hydrogens (primary N) is 1. The van der Waals surface area contributed by atoms with E-state index >= 15 is 0 Å². The molecule has 2 nitrogen and oxygen atoms in total. The summed E-state index contributed by atoms with van der Waals surface area (Å²) >= 11 is 0. The van der Waals surface area contributed by atoms with E-state index in [0.29, 0.717) is 0 Å². The maximum Gasteiger partial charge on any atom is 0.104 e. The van der Waals surface area contributed by atoms with Gasteiger partial charge >= 0.3 is 0 Å². The summed E-state index contributed by atoms with van der Waals surface area (Å²) in [6, 6.07) is 9.00. The zero-order chi connectivity index (χ0) is 12.1. The molecule has 1 aromatic carbocycles. The minimum atomic E-state index is 0.811. The molecule has 0 aromatic heterocycles. The predicted molar refractivity (Wildman–Crippen MR) is 72.6 cm³/mol. The summed E-state index contributed by atoms with van der Waals surface area (Å²) in [5.41, 5.74) is 8.62. The summed E-state index contributed by atoms with van der Waals surface area (Å²) in [6.45, 7) is 7.88. The van der Waals surface area contributed by atoms with E-state index in [0.717, 1.165) is 19.6 Å². The second-order valence-corrected chi connectivity index (χ2v) is 5.51. The molecule has 1 aromatic rings. The molecule has 2 N–H and O–H groups in total. The summed E-state index contributed by atoms with van der Waals surface area (Å²) in [6.07, 6.45) is 4.14. The lowest BCUT2D eigenvalue weighted by atomic mass is 10.0. The van der Waals surface area contributed by atoms with E-state index in [-0.39, 0.29) is 0 Å². The molecular weight excluding hydrogens is 208 g/mol. The third-order valence-electron chi connectivity index (χ3n) is 4.01. The van der Waals surface area contributed by atoms with Crippen molar-refractivity contribution < 1.29 is 4.48 Å². The summed E-state index contributed by atoms with van der Waals surface area (Å²) in [7, 11) is 0. The molecule has 0 aliphatic carbocycles. The molecule has 0 radical (unpaired) electrons. The summed E-state index contributed by atoms with van der Waals surface area (Å²) in [5.74, 6) is 0. The first kappa shape index (κ1) is 12.6. The van der Waals surface area contributed by atoms with Crippen LogP contribution in [0, 0.1) is 6.92 Å². The van der Waals surface area contributed by atoms with Crippen molar-refractivity contribution in [1.29, 1.82) is 0 Å². The number of hydrogen-bond acceptors (Lipinski definition) is 1. The molecule has 1 fully saturated rings.